The Morgan fingerprint density at radius 1 is 1.29 bits per heavy atom. The van der Waals surface area contributed by atoms with Crippen LogP contribution in [-0.4, -0.2) is 26.7 Å². The lowest BCUT2D eigenvalue weighted by Crippen LogP contribution is -2.07. The van der Waals surface area contributed by atoms with Crippen LogP contribution in [0.3, 0.4) is 0 Å². The number of nitrogens with zero attached hydrogens (tertiary/aromatic N) is 4. The third-order valence-corrected chi connectivity index (χ3v) is 3.56. The Hall–Kier alpha value is -1.76. The SMILES string of the molecule is COCc1c(-c2c(F)cccc2Cl)c(Cl)nc2ncnn12. The van der Waals surface area contributed by atoms with Crippen molar-refractivity contribution in [3.63, 3.8) is 0 Å². The number of methoxy groups -OCH3 is 1. The first-order valence-electron chi connectivity index (χ1n) is 5.95. The Kier molecular flexibility index (Phi) is 3.75. The lowest BCUT2D eigenvalue weighted by Gasteiger charge is -2.13. The van der Waals surface area contributed by atoms with Crippen molar-refractivity contribution in [2.75, 3.05) is 7.11 Å². The summed E-state index contributed by atoms with van der Waals surface area (Å²) < 4.78 is 20.8. The molecule has 0 spiro atoms. The van der Waals surface area contributed by atoms with Crippen molar-refractivity contribution in [1.29, 1.82) is 0 Å². The molecule has 0 bridgehead atoms. The highest BCUT2D eigenvalue weighted by Gasteiger charge is 2.21. The van der Waals surface area contributed by atoms with Crippen LogP contribution >= 0.6 is 23.2 Å². The van der Waals surface area contributed by atoms with Crippen molar-refractivity contribution in [2.24, 2.45) is 0 Å². The van der Waals surface area contributed by atoms with Gasteiger partial charge in [0.1, 0.15) is 17.3 Å². The van der Waals surface area contributed by atoms with Crippen LogP contribution in [-0.2, 0) is 11.3 Å². The zero-order valence-corrected chi connectivity index (χ0v) is 12.4. The van der Waals surface area contributed by atoms with Crippen molar-refractivity contribution >= 4 is 29.0 Å². The minimum atomic E-state index is -0.497. The van der Waals surface area contributed by atoms with Gasteiger partial charge >= 0.3 is 0 Å². The summed E-state index contributed by atoms with van der Waals surface area (Å²) in [5, 5.41) is 4.39. The van der Waals surface area contributed by atoms with Crippen LogP contribution in [0.15, 0.2) is 24.5 Å². The summed E-state index contributed by atoms with van der Waals surface area (Å²) in [7, 11) is 1.52. The number of fused-ring (bicyclic) bond motifs is 1. The van der Waals surface area contributed by atoms with E-state index in [9.17, 15) is 4.39 Å². The molecule has 3 aromatic rings. The summed E-state index contributed by atoms with van der Waals surface area (Å²) in [6.45, 7) is 0.155. The standard InChI is InChI=1S/C13H9Cl2FN4O/c1-21-5-9-11(10-7(14)3-2-4-8(10)16)12(15)19-13-17-6-18-20(9)13/h2-4,6H,5H2,1H3. The molecule has 0 radical (unpaired) electrons. The van der Waals surface area contributed by atoms with Crippen LogP contribution in [0.25, 0.3) is 16.9 Å². The molecular formula is C13H9Cl2FN4O. The van der Waals surface area contributed by atoms with Gasteiger partial charge in [-0.25, -0.2) is 4.39 Å². The maximum atomic E-state index is 14.2. The molecule has 0 aliphatic carbocycles. The molecule has 3 rings (SSSR count). The fourth-order valence-corrected chi connectivity index (χ4v) is 2.66. The molecule has 8 heteroatoms. The second-order valence-corrected chi connectivity index (χ2v) is 4.99. The van der Waals surface area contributed by atoms with Crippen LogP contribution in [0.1, 0.15) is 5.69 Å². The van der Waals surface area contributed by atoms with Crippen molar-refractivity contribution in [3.8, 4) is 11.1 Å². The van der Waals surface area contributed by atoms with Gasteiger partial charge in [0.25, 0.3) is 5.78 Å². The molecular weight excluding hydrogens is 318 g/mol. The summed E-state index contributed by atoms with van der Waals surface area (Å²) >= 11 is 12.3. The molecule has 0 N–H and O–H groups in total. The van der Waals surface area contributed by atoms with E-state index in [0.29, 0.717) is 17.0 Å². The summed E-state index contributed by atoms with van der Waals surface area (Å²) in [6.07, 6.45) is 1.34. The van der Waals surface area contributed by atoms with Gasteiger partial charge in [0.2, 0.25) is 0 Å². The van der Waals surface area contributed by atoms with E-state index in [1.807, 2.05) is 0 Å². The number of hydrogen-bond donors (Lipinski definition) is 0. The quantitative estimate of drug-likeness (QED) is 0.692. The maximum absolute atomic E-state index is 14.2. The Morgan fingerprint density at radius 2 is 2.10 bits per heavy atom. The molecule has 0 saturated carbocycles. The van der Waals surface area contributed by atoms with Gasteiger partial charge in [0.15, 0.2) is 0 Å². The first kappa shape index (κ1) is 14.2. The monoisotopic (exact) mass is 326 g/mol. The summed E-state index contributed by atoms with van der Waals surface area (Å²) in [5.41, 5.74) is 1.04. The van der Waals surface area contributed by atoms with E-state index >= 15 is 0 Å². The predicted molar refractivity (Wildman–Crippen MR) is 76.9 cm³/mol. The molecule has 0 unspecified atom stereocenters. The van der Waals surface area contributed by atoms with Gasteiger partial charge < -0.3 is 4.74 Å². The van der Waals surface area contributed by atoms with E-state index in [1.165, 1.54) is 30.1 Å². The van der Waals surface area contributed by atoms with Crippen LogP contribution in [0.5, 0.6) is 0 Å². The summed E-state index contributed by atoms with van der Waals surface area (Å²) in [4.78, 5) is 8.09. The lowest BCUT2D eigenvalue weighted by atomic mass is 10.0. The number of halogens is 3. The van der Waals surface area contributed by atoms with E-state index in [-0.39, 0.29) is 22.3 Å². The minimum Gasteiger partial charge on any atom is -0.378 e. The second-order valence-electron chi connectivity index (χ2n) is 4.23. The highest BCUT2D eigenvalue weighted by Crippen LogP contribution is 2.37. The molecule has 0 aliphatic heterocycles. The van der Waals surface area contributed by atoms with Crippen LogP contribution < -0.4 is 0 Å². The second kappa shape index (κ2) is 5.55. The van der Waals surface area contributed by atoms with E-state index in [1.54, 1.807) is 6.07 Å². The van der Waals surface area contributed by atoms with Crippen molar-refractivity contribution in [3.05, 3.63) is 46.2 Å². The molecule has 2 heterocycles. The normalized spacial score (nSPS) is 11.2. The number of rotatable bonds is 3. The molecule has 0 atom stereocenters. The number of ether oxygens (including phenoxy) is 1. The fourth-order valence-electron chi connectivity index (χ4n) is 2.12. The number of aromatic nitrogens is 4. The molecule has 5 nitrogen and oxygen atoms in total. The topological polar surface area (TPSA) is 52.3 Å². The third kappa shape index (κ3) is 2.35. The largest absolute Gasteiger partial charge is 0.378 e. The minimum absolute atomic E-state index is 0.0922. The molecule has 0 saturated heterocycles. The lowest BCUT2D eigenvalue weighted by molar-refractivity contribution is 0.180. The van der Waals surface area contributed by atoms with Gasteiger partial charge in [-0.05, 0) is 12.1 Å². The van der Waals surface area contributed by atoms with Crippen LogP contribution in [0, 0.1) is 5.82 Å². The van der Waals surface area contributed by atoms with Crippen LogP contribution in [0.4, 0.5) is 4.39 Å². The first-order chi connectivity index (χ1) is 10.1. The predicted octanol–water partition coefficient (Wildman–Crippen LogP) is 3.38. The Labute approximate surface area is 129 Å². The average molecular weight is 327 g/mol. The van der Waals surface area contributed by atoms with Crippen molar-refractivity contribution in [1.82, 2.24) is 19.6 Å². The van der Waals surface area contributed by atoms with Gasteiger partial charge in [-0.2, -0.15) is 19.6 Å². The van der Waals surface area contributed by atoms with Crippen LogP contribution in [0.2, 0.25) is 10.2 Å². The van der Waals surface area contributed by atoms with E-state index in [2.05, 4.69) is 15.1 Å². The molecule has 2 aromatic heterocycles. The Balaban J connectivity index is 2.40. The third-order valence-electron chi connectivity index (χ3n) is 2.97. The van der Waals surface area contributed by atoms with Crippen molar-refractivity contribution < 1.29 is 9.13 Å². The molecule has 0 fully saturated rings. The van der Waals surface area contributed by atoms with Gasteiger partial charge in [0.05, 0.1) is 17.3 Å². The molecule has 0 aliphatic rings. The Bertz CT molecular complexity index is 801. The maximum Gasteiger partial charge on any atom is 0.253 e. The van der Waals surface area contributed by atoms with Gasteiger partial charge in [-0.15, -0.1) is 0 Å². The fraction of sp³-hybridized carbons (Fsp3) is 0.154. The zero-order chi connectivity index (χ0) is 15.0. The van der Waals surface area contributed by atoms with E-state index in [0.717, 1.165) is 0 Å². The molecule has 1 aromatic carbocycles. The van der Waals surface area contributed by atoms with Crippen molar-refractivity contribution in [2.45, 2.75) is 6.61 Å². The Morgan fingerprint density at radius 3 is 2.81 bits per heavy atom. The smallest absolute Gasteiger partial charge is 0.253 e. The summed E-state index contributed by atoms with van der Waals surface area (Å²) in [5.74, 6) is -0.189. The van der Waals surface area contributed by atoms with Gasteiger partial charge in [0, 0.05) is 18.2 Å². The van der Waals surface area contributed by atoms with E-state index < -0.39 is 5.82 Å². The highest BCUT2D eigenvalue weighted by atomic mass is 35.5. The number of hydrogen-bond acceptors (Lipinski definition) is 4. The highest BCUT2D eigenvalue weighted by molar-refractivity contribution is 6.36. The van der Waals surface area contributed by atoms with Gasteiger partial charge in [-0.1, -0.05) is 29.3 Å². The molecule has 21 heavy (non-hydrogen) atoms. The average Bonchev–Trinajstić information content (AvgIpc) is 2.89. The van der Waals surface area contributed by atoms with E-state index in [4.69, 9.17) is 27.9 Å². The molecule has 108 valence electrons. The zero-order valence-electron chi connectivity index (χ0n) is 10.8. The first-order valence-corrected chi connectivity index (χ1v) is 6.70. The summed E-state index contributed by atoms with van der Waals surface area (Å²) in [6, 6.07) is 4.41. The number of benzene rings is 1. The van der Waals surface area contributed by atoms with Gasteiger partial charge in [-0.3, -0.25) is 0 Å². The molecule has 0 amide bonds.